The molecule has 0 aliphatic heterocycles. The summed E-state index contributed by atoms with van der Waals surface area (Å²) >= 11 is 0. The van der Waals surface area contributed by atoms with Crippen LogP contribution in [-0.4, -0.2) is 44.8 Å². The molecule has 0 radical (unpaired) electrons. The van der Waals surface area contributed by atoms with Crippen LogP contribution in [0.2, 0.25) is 0 Å². The monoisotopic (exact) mass is 352 g/mol. The van der Waals surface area contributed by atoms with Gasteiger partial charge in [0.2, 0.25) is 0 Å². The number of aromatic amines is 1. The summed E-state index contributed by atoms with van der Waals surface area (Å²) in [6.45, 7) is 0.674. The average Bonchev–Trinajstić information content (AvgIpc) is 2.68. The van der Waals surface area contributed by atoms with Gasteiger partial charge in [-0.1, -0.05) is 12.1 Å². The van der Waals surface area contributed by atoms with Crippen molar-refractivity contribution in [3.63, 3.8) is 0 Å². The van der Waals surface area contributed by atoms with E-state index in [-0.39, 0.29) is 23.0 Å². The Hall–Kier alpha value is -3.62. The molecule has 9 heteroatoms. The normalized spacial score (nSPS) is 10.5. The first kappa shape index (κ1) is 17.2. The smallest absolute Gasteiger partial charge is 0.287 e. The molecular weight excluding hydrogens is 336 g/mol. The van der Waals surface area contributed by atoms with Gasteiger partial charge >= 0.3 is 0 Å². The zero-order valence-electron chi connectivity index (χ0n) is 13.7. The van der Waals surface area contributed by atoms with Crippen LogP contribution in [0, 0.1) is 0 Å². The van der Waals surface area contributed by atoms with Crippen LogP contribution in [0.5, 0.6) is 0 Å². The molecule has 3 rings (SSSR count). The number of amides is 2. The minimum Gasteiger partial charge on any atom is -0.351 e. The summed E-state index contributed by atoms with van der Waals surface area (Å²) < 4.78 is 0. The molecule has 0 aliphatic rings. The minimum absolute atomic E-state index is 0.0442. The zero-order valence-corrected chi connectivity index (χ0v) is 13.7. The Balaban J connectivity index is 1.49. The van der Waals surface area contributed by atoms with Crippen molar-refractivity contribution in [2.45, 2.75) is 6.42 Å². The first-order chi connectivity index (χ1) is 12.6. The third-order valence-corrected chi connectivity index (χ3v) is 3.55. The van der Waals surface area contributed by atoms with Gasteiger partial charge in [-0.05, 0) is 18.6 Å². The number of aromatic nitrogens is 4. The quantitative estimate of drug-likeness (QED) is 0.546. The molecule has 0 spiro atoms. The highest BCUT2D eigenvalue weighted by molar-refractivity contribution is 5.93. The van der Waals surface area contributed by atoms with Gasteiger partial charge in [-0.25, -0.2) is 9.97 Å². The molecule has 0 unspecified atom stereocenters. The maximum atomic E-state index is 12.1. The van der Waals surface area contributed by atoms with E-state index in [0.717, 1.165) is 0 Å². The van der Waals surface area contributed by atoms with Gasteiger partial charge in [-0.2, -0.15) is 0 Å². The number of H-pyrrole nitrogens is 1. The number of benzene rings is 1. The van der Waals surface area contributed by atoms with E-state index in [4.69, 9.17) is 0 Å². The van der Waals surface area contributed by atoms with Gasteiger partial charge in [0.25, 0.3) is 17.4 Å². The first-order valence-electron chi connectivity index (χ1n) is 7.96. The molecule has 3 N–H and O–H groups in total. The van der Waals surface area contributed by atoms with E-state index in [2.05, 4.69) is 30.6 Å². The molecule has 0 bridgehead atoms. The molecule has 2 heterocycles. The summed E-state index contributed by atoms with van der Waals surface area (Å²) in [6, 6.07) is 6.79. The lowest BCUT2D eigenvalue weighted by molar-refractivity contribution is 0.0942. The lowest BCUT2D eigenvalue weighted by Gasteiger charge is -2.06. The maximum Gasteiger partial charge on any atom is 0.287 e. The Bertz CT molecular complexity index is 986. The molecular formula is C17H16N6O3. The fraction of sp³-hybridized carbons (Fsp3) is 0.176. The van der Waals surface area contributed by atoms with Crippen LogP contribution in [0.1, 0.15) is 27.5 Å². The highest BCUT2D eigenvalue weighted by Crippen LogP contribution is 2.05. The van der Waals surface area contributed by atoms with Gasteiger partial charge in [0.1, 0.15) is 5.69 Å². The van der Waals surface area contributed by atoms with Gasteiger partial charge in [0.15, 0.2) is 5.82 Å². The number of nitrogens with zero attached hydrogens (tertiary/aromatic N) is 3. The fourth-order valence-electron chi connectivity index (χ4n) is 2.28. The van der Waals surface area contributed by atoms with Crippen LogP contribution < -0.4 is 16.2 Å². The molecule has 2 aromatic heterocycles. The van der Waals surface area contributed by atoms with E-state index in [1.807, 2.05) is 0 Å². The van der Waals surface area contributed by atoms with Crippen molar-refractivity contribution in [2.24, 2.45) is 0 Å². The Morgan fingerprint density at radius 1 is 1.04 bits per heavy atom. The molecule has 3 aromatic rings. The number of hydrogen-bond acceptors (Lipinski definition) is 6. The van der Waals surface area contributed by atoms with Gasteiger partial charge in [-0.15, -0.1) is 0 Å². The molecule has 0 saturated carbocycles. The second kappa shape index (κ2) is 7.97. The maximum absolute atomic E-state index is 12.1. The number of carbonyl (C=O) groups excluding carboxylic acids is 2. The summed E-state index contributed by atoms with van der Waals surface area (Å²) in [4.78, 5) is 50.2. The standard InChI is InChI=1S/C17H16N6O3/c24-15-11-4-1-2-5-12(11)22-14(23-15)17(26)21-7-3-6-20-16(25)13-10-18-8-9-19-13/h1-2,4-5,8-10H,3,6-7H2,(H,20,25)(H,21,26)(H,22,23,24). The second-order valence-corrected chi connectivity index (χ2v) is 5.39. The molecule has 0 atom stereocenters. The summed E-state index contributed by atoms with van der Waals surface area (Å²) in [5.74, 6) is -0.852. The van der Waals surface area contributed by atoms with Crippen molar-refractivity contribution in [3.8, 4) is 0 Å². The van der Waals surface area contributed by atoms with Crippen molar-refractivity contribution in [3.05, 3.63) is 64.7 Å². The predicted octanol–water partition coefficient (Wildman–Crippen LogP) is 0.263. The van der Waals surface area contributed by atoms with Crippen molar-refractivity contribution in [1.29, 1.82) is 0 Å². The van der Waals surface area contributed by atoms with Gasteiger partial charge in [0.05, 0.1) is 17.1 Å². The molecule has 1 aromatic carbocycles. The number of carbonyl (C=O) groups is 2. The van der Waals surface area contributed by atoms with Gasteiger partial charge < -0.3 is 15.6 Å². The van der Waals surface area contributed by atoms with E-state index >= 15 is 0 Å². The summed E-state index contributed by atoms with van der Waals surface area (Å²) in [5.41, 5.74) is 0.323. The highest BCUT2D eigenvalue weighted by atomic mass is 16.2. The zero-order chi connectivity index (χ0) is 18.4. The van der Waals surface area contributed by atoms with Crippen LogP contribution >= 0.6 is 0 Å². The largest absolute Gasteiger partial charge is 0.351 e. The Morgan fingerprint density at radius 2 is 1.81 bits per heavy atom. The molecule has 2 amide bonds. The van der Waals surface area contributed by atoms with Crippen molar-refractivity contribution in [2.75, 3.05) is 13.1 Å². The van der Waals surface area contributed by atoms with Crippen molar-refractivity contribution >= 4 is 22.7 Å². The SMILES string of the molecule is O=C(NCCCNC(=O)c1nc2ccccc2c(=O)[nH]1)c1cnccn1. The number of hydrogen-bond donors (Lipinski definition) is 3. The molecule has 26 heavy (non-hydrogen) atoms. The summed E-state index contributed by atoms with van der Waals surface area (Å²) in [6.07, 6.45) is 4.80. The fourth-order valence-corrected chi connectivity index (χ4v) is 2.28. The Morgan fingerprint density at radius 3 is 2.58 bits per heavy atom. The summed E-state index contributed by atoms with van der Waals surface area (Å²) in [5, 5.41) is 5.76. The predicted molar refractivity (Wildman–Crippen MR) is 93.7 cm³/mol. The van der Waals surface area contributed by atoms with Crippen LogP contribution in [0.15, 0.2) is 47.7 Å². The van der Waals surface area contributed by atoms with E-state index in [0.29, 0.717) is 30.4 Å². The van der Waals surface area contributed by atoms with Gasteiger partial charge in [0, 0.05) is 25.5 Å². The summed E-state index contributed by atoms with van der Waals surface area (Å²) in [7, 11) is 0. The molecule has 132 valence electrons. The lowest BCUT2D eigenvalue weighted by Crippen LogP contribution is -2.32. The van der Waals surface area contributed by atoms with E-state index in [1.165, 1.54) is 18.6 Å². The molecule has 0 saturated heterocycles. The Kier molecular flexibility index (Phi) is 5.28. The van der Waals surface area contributed by atoms with E-state index in [9.17, 15) is 14.4 Å². The second-order valence-electron chi connectivity index (χ2n) is 5.39. The van der Waals surface area contributed by atoms with Crippen LogP contribution in [0.3, 0.4) is 0 Å². The number of nitrogens with one attached hydrogen (secondary N) is 3. The number of para-hydroxylation sites is 1. The number of fused-ring (bicyclic) bond motifs is 1. The van der Waals surface area contributed by atoms with Crippen LogP contribution in [0.25, 0.3) is 10.9 Å². The van der Waals surface area contributed by atoms with E-state index < -0.39 is 5.91 Å². The van der Waals surface area contributed by atoms with Crippen LogP contribution in [0.4, 0.5) is 0 Å². The first-order valence-corrected chi connectivity index (χ1v) is 7.96. The molecule has 9 nitrogen and oxygen atoms in total. The minimum atomic E-state index is -0.479. The van der Waals surface area contributed by atoms with E-state index in [1.54, 1.807) is 24.3 Å². The third-order valence-electron chi connectivity index (χ3n) is 3.55. The highest BCUT2D eigenvalue weighted by Gasteiger charge is 2.11. The average molecular weight is 352 g/mol. The topological polar surface area (TPSA) is 130 Å². The van der Waals surface area contributed by atoms with Crippen LogP contribution in [-0.2, 0) is 0 Å². The Labute approximate surface area is 147 Å². The number of rotatable bonds is 6. The molecule has 0 fully saturated rings. The van der Waals surface area contributed by atoms with Gasteiger partial charge in [-0.3, -0.25) is 19.4 Å². The van der Waals surface area contributed by atoms with Crippen molar-refractivity contribution in [1.82, 2.24) is 30.6 Å². The third kappa shape index (κ3) is 4.07. The lowest BCUT2D eigenvalue weighted by atomic mass is 10.2. The van der Waals surface area contributed by atoms with Crippen molar-refractivity contribution < 1.29 is 9.59 Å². The molecule has 0 aliphatic carbocycles.